The maximum atomic E-state index is 4.27. The first-order chi connectivity index (χ1) is 8.31. The molecule has 0 aliphatic heterocycles. The minimum absolute atomic E-state index is 0.388. The van der Waals surface area contributed by atoms with E-state index in [1.165, 1.54) is 16.3 Å². The molecule has 1 heterocycles. The molecule has 1 aromatic heterocycles. The van der Waals surface area contributed by atoms with Crippen LogP contribution >= 0.6 is 0 Å². The van der Waals surface area contributed by atoms with E-state index in [1.807, 2.05) is 18.5 Å². The van der Waals surface area contributed by atoms with Crippen LogP contribution in [0.3, 0.4) is 0 Å². The normalized spacial score (nSPS) is 13.3. The van der Waals surface area contributed by atoms with E-state index < -0.39 is 0 Å². The highest BCUT2D eigenvalue weighted by Gasteiger charge is 1.98. The summed E-state index contributed by atoms with van der Waals surface area (Å²) in [5.41, 5.74) is 1.17. The molecule has 0 saturated carbocycles. The van der Waals surface area contributed by atoms with Crippen molar-refractivity contribution in [1.29, 1.82) is 0 Å². The summed E-state index contributed by atoms with van der Waals surface area (Å²) in [5, 5.41) is 5.79. The van der Waals surface area contributed by atoms with Gasteiger partial charge in [0.15, 0.2) is 0 Å². The van der Waals surface area contributed by atoms with Crippen molar-refractivity contribution in [1.82, 2.24) is 10.3 Å². The zero-order valence-corrected chi connectivity index (χ0v) is 10.4. The second kappa shape index (κ2) is 5.60. The lowest BCUT2D eigenvalue weighted by Crippen LogP contribution is -2.22. The van der Waals surface area contributed by atoms with E-state index in [2.05, 4.69) is 54.5 Å². The van der Waals surface area contributed by atoms with E-state index in [0.717, 1.165) is 6.54 Å². The van der Waals surface area contributed by atoms with Crippen LogP contribution in [0.25, 0.3) is 16.8 Å². The van der Waals surface area contributed by atoms with Crippen molar-refractivity contribution in [2.75, 3.05) is 6.54 Å². The molecule has 2 heteroatoms. The standard InChI is InChI=1S/C15H18N2/c1-3-17-12(2)8-9-14-11-16-10-13-6-4-5-7-15(13)14/h4-12,17H,3H2,1-2H3/b9-8+. The Kier molecular flexibility index (Phi) is 3.89. The first-order valence-electron chi connectivity index (χ1n) is 6.05. The Hall–Kier alpha value is -1.67. The maximum absolute atomic E-state index is 4.27. The highest BCUT2D eigenvalue weighted by molar-refractivity contribution is 5.89. The van der Waals surface area contributed by atoms with Gasteiger partial charge in [-0.3, -0.25) is 4.98 Å². The Morgan fingerprint density at radius 3 is 2.94 bits per heavy atom. The van der Waals surface area contributed by atoms with Crippen molar-refractivity contribution in [3.8, 4) is 0 Å². The zero-order chi connectivity index (χ0) is 12.1. The van der Waals surface area contributed by atoms with Gasteiger partial charge in [0.05, 0.1) is 0 Å². The van der Waals surface area contributed by atoms with Crippen LogP contribution in [0.4, 0.5) is 0 Å². The maximum Gasteiger partial charge on any atom is 0.0346 e. The van der Waals surface area contributed by atoms with E-state index in [0.29, 0.717) is 6.04 Å². The number of rotatable bonds is 4. The van der Waals surface area contributed by atoms with Gasteiger partial charge in [0, 0.05) is 29.4 Å². The molecule has 0 radical (unpaired) electrons. The van der Waals surface area contributed by atoms with Crippen LogP contribution in [0.1, 0.15) is 19.4 Å². The number of likely N-dealkylation sites (N-methyl/N-ethyl adjacent to an activating group) is 1. The van der Waals surface area contributed by atoms with E-state index in [4.69, 9.17) is 0 Å². The molecule has 1 aromatic carbocycles. The minimum atomic E-state index is 0.388. The second-order valence-electron chi connectivity index (χ2n) is 4.16. The average Bonchev–Trinajstić information content (AvgIpc) is 2.36. The molecule has 0 bridgehead atoms. The molecule has 1 unspecified atom stereocenters. The summed E-state index contributed by atoms with van der Waals surface area (Å²) in [4.78, 5) is 4.27. The van der Waals surface area contributed by atoms with Crippen LogP contribution in [0, 0.1) is 0 Å². The number of nitrogens with one attached hydrogen (secondary N) is 1. The van der Waals surface area contributed by atoms with Crippen LogP contribution in [-0.4, -0.2) is 17.6 Å². The molecule has 0 saturated heterocycles. The van der Waals surface area contributed by atoms with Crippen LogP contribution < -0.4 is 5.32 Å². The third kappa shape index (κ3) is 2.92. The number of hydrogen-bond donors (Lipinski definition) is 1. The van der Waals surface area contributed by atoms with E-state index in [1.54, 1.807) is 0 Å². The largest absolute Gasteiger partial charge is 0.311 e. The number of aromatic nitrogens is 1. The van der Waals surface area contributed by atoms with Crippen LogP contribution in [-0.2, 0) is 0 Å². The Bertz CT molecular complexity index is 512. The Balaban J connectivity index is 2.30. The van der Waals surface area contributed by atoms with Gasteiger partial charge in [-0.25, -0.2) is 0 Å². The second-order valence-corrected chi connectivity index (χ2v) is 4.16. The van der Waals surface area contributed by atoms with Crippen molar-refractivity contribution < 1.29 is 0 Å². The predicted octanol–water partition coefficient (Wildman–Crippen LogP) is 3.25. The summed E-state index contributed by atoms with van der Waals surface area (Å²) in [6.45, 7) is 5.25. The predicted molar refractivity (Wildman–Crippen MR) is 73.9 cm³/mol. The Morgan fingerprint density at radius 1 is 1.29 bits per heavy atom. The quantitative estimate of drug-likeness (QED) is 0.865. The van der Waals surface area contributed by atoms with Crippen molar-refractivity contribution in [2.45, 2.75) is 19.9 Å². The fourth-order valence-corrected chi connectivity index (χ4v) is 1.91. The molecule has 0 spiro atoms. The van der Waals surface area contributed by atoms with Crippen molar-refractivity contribution in [2.24, 2.45) is 0 Å². The van der Waals surface area contributed by atoms with Gasteiger partial charge in [0.25, 0.3) is 0 Å². The molecule has 2 rings (SSSR count). The lowest BCUT2D eigenvalue weighted by Gasteiger charge is -2.06. The SMILES string of the molecule is CCNC(C)/C=C/c1cncc2ccccc12. The molecule has 0 fully saturated rings. The first-order valence-corrected chi connectivity index (χ1v) is 6.05. The summed E-state index contributed by atoms with van der Waals surface area (Å²) in [5.74, 6) is 0. The molecule has 2 aromatic rings. The molecule has 1 atom stereocenters. The number of fused-ring (bicyclic) bond motifs is 1. The third-order valence-corrected chi connectivity index (χ3v) is 2.79. The molecule has 2 nitrogen and oxygen atoms in total. The number of hydrogen-bond acceptors (Lipinski definition) is 2. The minimum Gasteiger partial charge on any atom is -0.311 e. The fourth-order valence-electron chi connectivity index (χ4n) is 1.91. The zero-order valence-electron chi connectivity index (χ0n) is 10.4. The lowest BCUT2D eigenvalue weighted by molar-refractivity contribution is 0.663. The first kappa shape index (κ1) is 11.8. The molecule has 0 aliphatic carbocycles. The average molecular weight is 226 g/mol. The van der Waals surface area contributed by atoms with Gasteiger partial charge in [-0.15, -0.1) is 0 Å². The molecular formula is C15H18N2. The van der Waals surface area contributed by atoms with E-state index in [9.17, 15) is 0 Å². The summed E-state index contributed by atoms with van der Waals surface area (Å²) in [6, 6.07) is 8.72. The van der Waals surface area contributed by atoms with Gasteiger partial charge in [-0.05, 0) is 18.9 Å². The van der Waals surface area contributed by atoms with Gasteiger partial charge < -0.3 is 5.32 Å². The van der Waals surface area contributed by atoms with Crippen LogP contribution in [0.2, 0.25) is 0 Å². The summed E-state index contributed by atoms with van der Waals surface area (Å²) >= 11 is 0. The third-order valence-electron chi connectivity index (χ3n) is 2.79. The van der Waals surface area contributed by atoms with Gasteiger partial charge in [0.1, 0.15) is 0 Å². The topological polar surface area (TPSA) is 24.9 Å². The monoisotopic (exact) mass is 226 g/mol. The Morgan fingerprint density at radius 2 is 2.12 bits per heavy atom. The number of pyridine rings is 1. The molecule has 1 N–H and O–H groups in total. The highest BCUT2D eigenvalue weighted by atomic mass is 14.9. The van der Waals surface area contributed by atoms with Crippen LogP contribution in [0.5, 0.6) is 0 Å². The smallest absolute Gasteiger partial charge is 0.0346 e. The van der Waals surface area contributed by atoms with Crippen molar-refractivity contribution in [3.05, 3.63) is 48.3 Å². The Labute approximate surface area is 102 Å². The number of nitrogens with zero attached hydrogens (tertiary/aromatic N) is 1. The molecule has 17 heavy (non-hydrogen) atoms. The molecule has 0 amide bonds. The lowest BCUT2D eigenvalue weighted by atomic mass is 10.1. The van der Waals surface area contributed by atoms with E-state index in [-0.39, 0.29) is 0 Å². The highest BCUT2D eigenvalue weighted by Crippen LogP contribution is 2.18. The summed E-state index contributed by atoms with van der Waals surface area (Å²) in [6.07, 6.45) is 8.13. The van der Waals surface area contributed by atoms with E-state index >= 15 is 0 Å². The summed E-state index contributed by atoms with van der Waals surface area (Å²) in [7, 11) is 0. The van der Waals surface area contributed by atoms with Gasteiger partial charge in [-0.2, -0.15) is 0 Å². The fraction of sp³-hybridized carbons (Fsp3) is 0.267. The van der Waals surface area contributed by atoms with Gasteiger partial charge in [-0.1, -0.05) is 43.3 Å². The van der Waals surface area contributed by atoms with Crippen LogP contribution in [0.15, 0.2) is 42.7 Å². The van der Waals surface area contributed by atoms with Gasteiger partial charge in [0.2, 0.25) is 0 Å². The van der Waals surface area contributed by atoms with Gasteiger partial charge >= 0.3 is 0 Å². The molecular weight excluding hydrogens is 208 g/mol. The van der Waals surface area contributed by atoms with Crippen molar-refractivity contribution in [3.63, 3.8) is 0 Å². The molecule has 88 valence electrons. The number of benzene rings is 1. The molecule has 0 aliphatic rings. The summed E-state index contributed by atoms with van der Waals surface area (Å²) < 4.78 is 0. The van der Waals surface area contributed by atoms with Crippen molar-refractivity contribution >= 4 is 16.8 Å².